The third-order valence-corrected chi connectivity index (χ3v) is 6.20. The van der Waals surface area contributed by atoms with Crippen LogP contribution in [-0.4, -0.2) is 21.6 Å². The van der Waals surface area contributed by atoms with E-state index in [0.29, 0.717) is 11.7 Å². The molecule has 2 N–H and O–H groups in total. The van der Waals surface area contributed by atoms with Gasteiger partial charge in [-0.3, -0.25) is 4.79 Å². The summed E-state index contributed by atoms with van der Waals surface area (Å²) in [5.41, 5.74) is 2.00. The average Bonchev–Trinajstić information content (AvgIpc) is 3.26. The van der Waals surface area contributed by atoms with E-state index in [2.05, 4.69) is 47.5 Å². The summed E-state index contributed by atoms with van der Waals surface area (Å²) in [7, 11) is 0. The molecule has 4 nitrogen and oxygen atoms in total. The number of rotatable bonds is 7. The maximum atomic E-state index is 12.4. The lowest BCUT2D eigenvalue weighted by molar-refractivity contribution is -0.119. The van der Waals surface area contributed by atoms with Crippen molar-refractivity contribution in [2.75, 3.05) is 5.75 Å². The summed E-state index contributed by atoms with van der Waals surface area (Å²) in [4.78, 5) is 21.6. The zero-order chi connectivity index (χ0) is 17.8. The van der Waals surface area contributed by atoms with E-state index in [9.17, 15) is 4.79 Å². The number of thiophene rings is 1. The van der Waals surface area contributed by atoms with Crippen molar-refractivity contribution in [1.82, 2.24) is 15.3 Å². The van der Waals surface area contributed by atoms with E-state index in [1.54, 1.807) is 23.1 Å². The quantitative estimate of drug-likeness (QED) is 0.617. The molecule has 0 fully saturated rings. The lowest BCUT2D eigenvalue weighted by Gasteiger charge is -2.21. The lowest BCUT2D eigenvalue weighted by Crippen LogP contribution is -2.32. The van der Waals surface area contributed by atoms with Crippen LogP contribution in [0.25, 0.3) is 11.0 Å². The fraction of sp³-hybridized carbons (Fsp3) is 0.368. The van der Waals surface area contributed by atoms with Gasteiger partial charge in [-0.15, -0.1) is 23.1 Å². The summed E-state index contributed by atoms with van der Waals surface area (Å²) < 4.78 is 0. The fourth-order valence-corrected chi connectivity index (χ4v) is 4.40. The van der Waals surface area contributed by atoms with Crippen LogP contribution < -0.4 is 5.32 Å². The van der Waals surface area contributed by atoms with Crippen molar-refractivity contribution >= 4 is 40.0 Å². The Balaban J connectivity index is 1.57. The summed E-state index contributed by atoms with van der Waals surface area (Å²) in [5.74, 6) is 1.77. The van der Waals surface area contributed by atoms with Gasteiger partial charge in [0.1, 0.15) is 5.82 Å². The van der Waals surface area contributed by atoms with Crippen LogP contribution in [0.1, 0.15) is 42.8 Å². The highest BCUT2D eigenvalue weighted by atomic mass is 32.2. The van der Waals surface area contributed by atoms with Gasteiger partial charge in [-0.2, -0.15) is 0 Å². The predicted molar refractivity (Wildman–Crippen MR) is 107 cm³/mol. The number of carbonyl (C=O) groups is 1. The Labute approximate surface area is 156 Å². The van der Waals surface area contributed by atoms with Gasteiger partial charge in [0.05, 0.1) is 28.1 Å². The van der Waals surface area contributed by atoms with Crippen LogP contribution in [0, 0.1) is 5.92 Å². The van der Waals surface area contributed by atoms with Gasteiger partial charge < -0.3 is 10.3 Å². The number of H-pyrrole nitrogens is 1. The molecule has 2 atom stereocenters. The highest BCUT2D eigenvalue weighted by molar-refractivity contribution is 8.00. The first-order valence-electron chi connectivity index (χ1n) is 8.43. The standard InChI is InChI=1S/C19H23N3OS2/c1-12(2)18(16-9-6-10-24-16)22-17(23)11-25-13(3)19-20-14-7-4-5-8-15(14)21-19/h4-10,12-13,18H,11H2,1-3H3,(H,20,21)(H,22,23)/t13-,18-/m0/s1. The number of hydrogen-bond acceptors (Lipinski definition) is 4. The van der Waals surface area contributed by atoms with Crippen LogP contribution in [0.4, 0.5) is 0 Å². The molecule has 6 heteroatoms. The monoisotopic (exact) mass is 373 g/mol. The van der Waals surface area contributed by atoms with E-state index < -0.39 is 0 Å². The molecule has 3 rings (SSSR count). The zero-order valence-corrected chi connectivity index (χ0v) is 16.3. The number of thioether (sulfide) groups is 1. The topological polar surface area (TPSA) is 57.8 Å². The summed E-state index contributed by atoms with van der Waals surface area (Å²) in [6, 6.07) is 12.2. The number of hydrogen-bond donors (Lipinski definition) is 2. The van der Waals surface area contributed by atoms with Gasteiger partial charge in [-0.1, -0.05) is 32.0 Å². The molecule has 2 aromatic heterocycles. The molecular formula is C19H23N3OS2. The summed E-state index contributed by atoms with van der Waals surface area (Å²) >= 11 is 3.29. The van der Waals surface area contributed by atoms with Crippen molar-refractivity contribution < 1.29 is 4.79 Å². The fourth-order valence-electron chi connectivity index (χ4n) is 2.69. The van der Waals surface area contributed by atoms with Crippen molar-refractivity contribution in [3.63, 3.8) is 0 Å². The molecule has 2 heterocycles. The molecule has 0 saturated heterocycles. The second-order valence-electron chi connectivity index (χ2n) is 6.40. The van der Waals surface area contributed by atoms with Gasteiger partial charge in [-0.25, -0.2) is 4.98 Å². The molecule has 0 saturated carbocycles. The highest BCUT2D eigenvalue weighted by Crippen LogP contribution is 2.29. The van der Waals surface area contributed by atoms with Gasteiger partial charge in [0.15, 0.2) is 0 Å². The molecule has 0 aliphatic rings. The number of aromatic amines is 1. The van der Waals surface area contributed by atoms with E-state index in [4.69, 9.17) is 0 Å². The molecule has 0 aliphatic heterocycles. The minimum atomic E-state index is 0.0695. The van der Waals surface area contributed by atoms with Crippen LogP contribution >= 0.6 is 23.1 Å². The number of nitrogens with zero attached hydrogens (tertiary/aromatic N) is 1. The molecule has 1 amide bonds. The van der Waals surface area contributed by atoms with E-state index in [1.807, 2.05) is 30.3 Å². The zero-order valence-electron chi connectivity index (χ0n) is 14.7. The predicted octanol–water partition coefficient (Wildman–Crippen LogP) is 4.93. The Morgan fingerprint density at radius 1 is 1.24 bits per heavy atom. The average molecular weight is 374 g/mol. The number of fused-ring (bicyclic) bond motifs is 1. The molecule has 25 heavy (non-hydrogen) atoms. The second kappa shape index (κ2) is 8.06. The number of aromatic nitrogens is 2. The van der Waals surface area contributed by atoms with Crippen LogP contribution in [-0.2, 0) is 4.79 Å². The molecule has 132 valence electrons. The van der Waals surface area contributed by atoms with E-state index >= 15 is 0 Å². The number of amides is 1. The van der Waals surface area contributed by atoms with Crippen LogP contribution in [0.15, 0.2) is 41.8 Å². The number of para-hydroxylation sites is 2. The summed E-state index contributed by atoms with van der Waals surface area (Å²) in [5, 5.41) is 5.36. The first kappa shape index (κ1) is 18.0. The Kier molecular flexibility index (Phi) is 5.81. The Morgan fingerprint density at radius 2 is 2.04 bits per heavy atom. The summed E-state index contributed by atoms with van der Waals surface area (Å²) in [6.07, 6.45) is 0. The number of imidazole rings is 1. The molecular weight excluding hydrogens is 350 g/mol. The SMILES string of the molecule is CC(C)[C@H](NC(=O)CS[C@@H](C)c1nc2ccccc2[nH]1)c1cccs1. The molecule has 1 aromatic carbocycles. The van der Waals surface area contributed by atoms with Crippen LogP contribution in [0.2, 0.25) is 0 Å². The molecule has 0 radical (unpaired) electrons. The first-order valence-corrected chi connectivity index (χ1v) is 10.4. The van der Waals surface area contributed by atoms with Crippen LogP contribution in [0.3, 0.4) is 0 Å². The Morgan fingerprint density at radius 3 is 2.72 bits per heavy atom. The molecule has 0 aliphatic carbocycles. The minimum Gasteiger partial charge on any atom is -0.348 e. The maximum Gasteiger partial charge on any atom is 0.230 e. The number of nitrogens with one attached hydrogen (secondary N) is 2. The molecule has 3 aromatic rings. The number of benzene rings is 1. The second-order valence-corrected chi connectivity index (χ2v) is 8.71. The van der Waals surface area contributed by atoms with Gasteiger partial charge in [0.2, 0.25) is 5.91 Å². The van der Waals surface area contributed by atoms with Crippen molar-refractivity contribution in [2.24, 2.45) is 5.92 Å². The van der Waals surface area contributed by atoms with Gasteiger partial charge in [0, 0.05) is 4.88 Å². The van der Waals surface area contributed by atoms with Crippen molar-refractivity contribution in [3.8, 4) is 0 Å². The van der Waals surface area contributed by atoms with Crippen molar-refractivity contribution in [1.29, 1.82) is 0 Å². The maximum absolute atomic E-state index is 12.4. The third kappa shape index (κ3) is 4.44. The van der Waals surface area contributed by atoms with Crippen molar-refractivity contribution in [2.45, 2.75) is 32.1 Å². The van der Waals surface area contributed by atoms with Gasteiger partial charge >= 0.3 is 0 Å². The third-order valence-electron chi connectivity index (χ3n) is 4.09. The Bertz CT molecular complexity index is 793. The largest absolute Gasteiger partial charge is 0.348 e. The smallest absolute Gasteiger partial charge is 0.230 e. The van der Waals surface area contributed by atoms with E-state index in [-0.39, 0.29) is 17.2 Å². The lowest BCUT2D eigenvalue weighted by atomic mass is 10.0. The van der Waals surface area contributed by atoms with Crippen LogP contribution in [0.5, 0.6) is 0 Å². The van der Waals surface area contributed by atoms with E-state index in [0.717, 1.165) is 16.9 Å². The number of carbonyl (C=O) groups excluding carboxylic acids is 1. The van der Waals surface area contributed by atoms with E-state index in [1.165, 1.54) is 4.88 Å². The Hall–Kier alpha value is -1.79. The van der Waals surface area contributed by atoms with Gasteiger partial charge in [-0.05, 0) is 36.4 Å². The highest BCUT2D eigenvalue weighted by Gasteiger charge is 2.20. The molecule has 0 bridgehead atoms. The first-order chi connectivity index (χ1) is 12.0. The van der Waals surface area contributed by atoms with Crippen molar-refractivity contribution in [3.05, 3.63) is 52.5 Å². The minimum absolute atomic E-state index is 0.0695. The van der Waals surface area contributed by atoms with Gasteiger partial charge in [0.25, 0.3) is 0 Å². The normalized spacial score (nSPS) is 13.9. The molecule has 0 unspecified atom stereocenters. The molecule has 0 spiro atoms. The summed E-state index contributed by atoms with van der Waals surface area (Å²) in [6.45, 7) is 6.35.